The molecular formula is C38H45BrClN3O7. The molecule has 3 aliphatic heterocycles. The number of carbonyl (C=O) groups is 4. The van der Waals surface area contributed by atoms with Crippen molar-refractivity contribution in [3.8, 4) is 0 Å². The zero-order valence-corrected chi connectivity index (χ0v) is 30.7. The zero-order chi connectivity index (χ0) is 36.2. The van der Waals surface area contributed by atoms with Gasteiger partial charge in [-0.2, -0.15) is 0 Å². The Kier molecular flexibility index (Phi) is 12.2. The molecule has 1 unspecified atom stereocenters. The highest BCUT2D eigenvalue weighted by atomic mass is 79.9. The number of aliphatic hydroxyl groups is 1. The lowest BCUT2D eigenvalue weighted by Crippen LogP contribution is -2.59. The summed E-state index contributed by atoms with van der Waals surface area (Å²) in [5.74, 6) is -3.81. The molecule has 50 heavy (non-hydrogen) atoms. The molecule has 5 rings (SSSR count). The number of hydrogen-bond acceptors (Lipinski definition) is 7. The lowest BCUT2D eigenvalue weighted by molar-refractivity contribution is -0.161. The standard InChI is InChI=1S/C38H45BrClN3O7/c1-5-7-17-30(45)41-21-29(24-13-9-8-10-14-24)49-37(48)31-32-35(46)43(25(22-44)19-23(3)4)34(38(32)20-26(39)33(31)50-38)36(47)42(18-6-2)28-16-12-11-15-27(28)40/h5-6,8-16,23,25-26,29,31-34,44H,1-2,7,17-22H2,3-4H3,(H,41,45)/t25-,26?,29-,31-,32+,33-,34-,38+/m1/s1. The number of aliphatic hydroxyl groups excluding tert-OH is 1. The number of nitrogens with zero attached hydrogens (tertiary/aromatic N) is 2. The Morgan fingerprint density at radius 3 is 2.50 bits per heavy atom. The van der Waals surface area contributed by atoms with Gasteiger partial charge in [-0.3, -0.25) is 19.2 Å². The average Bonchev–Trinajstić information content (AvgIpc) is 3.70. The van der Waals surface area contributed by atoms with E-state index < -0.39 is 59.5 Å². The number of alkyl halides is 1. The third kappa shape index (κ3) is 7.28. The third-order valence-corrected chi connectivity index (χ3v) is 11.0. The minimum Gasteiger partial charge on any atom is -0.455 e. The van der Waals surface area contributed by atoms with Crippen molar-refractivity contribution in [2.75, 3.05) is 24.6 Å². The molecule has 8 atom stereocenters. The minimum absolute atomic E-state index is 0.0219. The van der Waals surface area contributed by atoms with Crippen LogP contribution in [0.15, 0.2) is 79.9 Å². The van der Waals surface area contributed by atoms with E-state index in [0.29, 0.717) is 29.1 Å². The van der Waals surface area contributed by atoms with Crippen LogP contribution in [-0.4, -0.2) is 82.0 Å². The molecule has 10 nitrogen and oxygen atoms in total. The highest BCUT2D eigenvalue weighted by molar-refractivity contribution is 9.09. The highest BCUT2D eigenvalue weighted by Crippen LogP contribution is 2.61. The number of nitrogens with one attached hydrogen (secondary N) is 1. The van der Waals surface area contributed by atoms with E-state index in [-0.39, 0.29) is 49.2 Å². The number of likely N-dealkylation sites (tertiary alicyclic amines) is 1. The molecule has 2 aromatic rings. The number of hydrogen-bond donors (Lipinski definition) is 2. The first-order valence-corrected chi connectivity index (χ1v) is 18.3. The molecule has 0 saturated carbocycles. The second kappa shape index (κ2) is 16.2. The summed E-state index contributed by atoms with van der Waals surface area (Å²) in [5.41, 5.74) is -0.290. The van der Waals surface area contributed by atoms with E-state index in [2.05, 4.69) is 34.4 Å². The van der Waals surface area contributed by atoms with Gasteiger partial charge >= 0.3 is 5.97 Å². The number of halogens is 2. The molecule has 3 fully saturated rings. The van der Waals surface area contributed by atoms with Crippen molar-refractivity contribution in [3.05, 3.63) is 90.5 Å². The van der Waals surface area contributed by atoms with Crippen molar-refractivity contribution in [2.45, 2.75) is 74.3 Å². The Hall–Kier alpha value is -3.51. The van der Waals surface area contributed by atoms with Crippen molar-refractivity contribution in [2.24, 2.45) is 17.8 Å². The van der Waals surface area contributed by atoms with Gasteiger partial charge in [0.05, 0.1) is 47.8 Å². The van der Waals surface area contributed by atoms with Gasteiger partial charge in [0.1, 0.15) is 17.7 Å². The van der Waals surface area contributed by atoms with Gasteiger partial charge in [0, 0.05) is 17.8 Å². The lowest BCUT2D eigenvalue weighted by atomic mass is 9.70. The number of rotatable bonds is 16. The second-order valence-corrected chi connectivity index (χ2v) is 15.1. The third-order valence-electron chi connectivity index (χ3n) is 9.79. The molecule has 0 aromatic heterocycles. The quantitative estimate of drug-likeness (QED) is 0.134. The van der Waals surface area contributed by atoms with Crippen LogP contribution in [0, 0.1) is 17.8 Å². The van der Waals surface area contributed by atoms with E-state index in [1.165, 1.54) is 9.80 Å². The van der Waals surface area contributed by atoms with Gasteiger partial charge in [-0.15, -0.1) is 13.2 Å². The maximum Gasteiger partial charge on any atom is 0.313 e. The predicted molar refractivity (Wildman–Crippen MR) is 195 cm³/mol. The molecule has 3 heterocycles. The first kappa shape index (κ1) is 37.7. The van der Waals surface area contributed by atoms with Crippen molar-refractivity contribution >= 4 is 56.9 Å². The molecule has 0 aliphatic carbocycles. The SMILES string of the molecule is C=CCCC(=O)NC[C@@H](OC(=O)[C@H]1[C@@H]2O[C@@]3(CC2Br)[C@@H]1C(=O)N([C@@H](CO)CC(C)C)[C@@H]3C(=O)N(CC=C)c1ccccc1Cl)c1ccccc1. The van der Waals surface area contributed by atoms with Crippen LogP contribution in [0.5, 0.6) is 0 Å². The van der Waals surface area contributed by atoms with E-state index in [1.807, 2.05) is 32.0 Å². The summed E-state index contributed by atoms with van der Waals surface area (Å²) in [6, 6.07) is 14.1. The normalized spacial score (nSPS) is 26.3. The number of ether oxygens (including phenoxy) is 2. The smallest absolute Gasteiger partial charge is 0.313 e. The van der Waals surface area contributed by atoms with Gasteiger partial charge < -0.3 is 29.7 Å². The molecule has 12 heteroatoms. The van der Waals surface area contributed by atoms with Crippen molar-refractivity contribution in [1.29, 1.82) is 0 Å². The Morgan fingerprint density at radius 1 is 1.16 bits per heavy atom. The van der Waals surface area contributed by atoms with Gasteiger partial charge in [-0.25, -0.2) is 0 Å². The monoisotopic (exact) mass is 769 g/mol. The number of esters is 1. The first-order chi connectivity index (χ1) is 24.0. The number of amides is 3. The highest BCUT2D eigenvalue weighted by Gasteiger charge is 2.77. The summed E-state index contributed by atoms with van der Waals surface area (Å²) in [6.07, 6.45) is 3.06. The summed E-state index contributed by atoms with van der Waals surface area (Å²) >= 11 is 10.3. The Bertz CT molecular complexity index is 1590. The first-order valence-electron chi connectivity index (χ1n) is 17.0. The van der Waals surface area contributed by atoms with Crippen molar-refractivity contribution < 1.29 is 33.8 Å². The van der Waals surface area contributed by atoms with Crippen LogP contribution >= 0.6 is 27.5 Å². The molecule has 2 aromatic carbocycles. The van der Waals surface area contributed by atoms with Crippen molar-refractivity contribution in [3.63, 3.8) is 0 Å². The van der Waals surface area contributed by atoms with Crippen molar-refractivity contribution in [1.82, 2.24) is 10.2 Å². The van der Waals surface area contributed by atoms with E-state index in [9.17, 15) is 24.3 Å². The number of carbonyl (C=O) groups excluding carboxylic acids is 4. The summed E-state index contributed by atoms with van der Waals surface area (Å²) in [5, 5.41) is 13.9. The second-order valence-electron chi connectivity index (χ2n) is 13.5. The zero-order valence-electron chi connectivity index (χ0n) is 28.4. The van der Waals surface area contributed by atoms with Crippen LogP contribution in [-0.2, 0) is 28.7 Å². The summed E-state index contributed by atoms with van der Waals surface area (Å²) in [7, 11) is 0. The molecule has 3 amide bonds. The minimum atomic E-state index is -1.40. The van der Waals surface area contributed by atoms with Crippen LogP contribution in [0.2, 0.25) is 5.02 Å². The maximum absolute atomic E-state index is 14.9. The molecule has 2 bridgehead atoms. The summed E-state index contributed by atoms with van der Waals surface area (Å²) < 4.78 is 12.9. The molecular weight excluding hydrogens is 726 g/mol. The van der Waals surface area contributed by atoms with Gasteiger partial charge in [-0.1, -0.05) is 96.0 Å². The van der Waals surface area contributed by atoms with Gasteiger partial charge in [0.2, 0.25) is 11.8 Å². The largest absolute Gasteiger partial charge is 0.455 e. The number of para-hydroxylation sites is 1. The molecule has 1 spiro atoms. The fourth-order valence-electron chi connectivity index (χ4n) is 7.73. The summed E-state index contributed by atoms with van der Waals surface area (Å²) in [6.45, 7) is 11.2. The predicted octanol–water partition coefficient (Wildman–Crippen LogP) is 5.38. The Labute approximate surface area is 306 Å². The topological polar surface area (TPSA) is 125 Å². The van der Waals surface area contributed by atoms with Gasteiger partial charge in [0.15, 0.2) is 0 Å². The van der Waals surface area contributed by atoms with E-state index in [0.717, 1.165) is 0 Å². The van der Waals surface area contributed by atoms with E-state index >= 15 is 0 Å². The lowest BCUT2D eigenvalue weighted by Gasteiger charge is -2.40. The Morgan fingerprint density at radius 2 is 1.86 bits per heavy atom. The molecule has 268 valence electrons. The number of allylic oxidation sites excluding steroid dienone is 1. The van der Waals surface area contributed by atoms with Crippen LogP contribution in [0.25, 0.3) is 0 Å². The number of fused-ring (bicyclic) bond motifs is 1. The van der Waals surface area contributed by atoms with Crippen LogP contribution < -0.4 is 10.2 Å². The average molecular weight is 771 g/mol. The summed E-state index contributed by atoms with van der Waals surface area (Å²) in [4.78, 5) is 59.1. The number of benzene rings is 2. The van der Waals surface area contributed by atoms with Gasteiger partial charge in [-0.05, 0) is 42.9 Å². The maximum atomic E-state index is 14.9. The molecule has 0 radical (unpaired) electrons. The van der Waals surface area contributed by atoms with E-state index in [1.54, 1.807) is 48.6 Å². The van der Waals surface area contributed by atoms with Crippen LogP contribution in [0.4, 0.5) is 5.69 Å². The molecule has 3 saturated heterocycles. The molecule has 3 aliphatic rings. The fraction of sp³-hybridized carbons (Fsp3) is 0.474. The van der Waals surface area contributed by atoms with Crippen LogP contribution in [0.3, 0.4) is 0 Å². The molecule has 2 N–H and O–H groups in total. The van der Waals surface area contributed by atoms with E-state index in [4.69, 9.17) is 21.1 Å². The fourth-order valence-corrected chi connectivity index (χ4v) is 8.91. The van der Waals surface area contributed by atoms with Crippen LogP contribution in [0.1, 0.15) is 51.2 Å². The van der Waals surface area contributed by atoms with Gasteiger partial charge in [0.25, 0.3) is 5.91 Å². The number of anilines is 1. The Balaban J connectivity index is 1.54.